The lowest BCUT2D eigenvalue weighted by molar-refractivity contribution is 0.561. The van der Waals surface area contributed by atoms with Gasteiger partial charge in [-0.2, -0.15) is 0 Å². The molecule has 2 heterocycles. The zero-order valence-electron chi connectivity index (χ0n) is 15.4. The largest absolute Gasteiger partial charge is 0.355 e. The molecule has 2 aromatic carbocycles. The Morgan fingerprint density at radius 2 is 1.69 bits per heavy atom. The Morgan fingerprint density at radius 1 is 0.966 bits per heavy atom. The molecule has 1 fully saturated rings. The van der Waals surface area contributed by atoms with Crippen LogP contribution in [0.3, 0.4) is 0 Å². The van der Waals surface area contributed by atoms with Crippen molar-refractivity contribution >= 4 is 39.0 Å². The second kappa shape index (κ2) is 8.32. The summed E-state index contributed by atoms with van der Waals surface area (Å²) in [6.45, 7) is 1.36. The highest BCUT2D eigenvalue weighted by Gasteiger charge is 2.27. The van der Waals surface area contributed by atoms with Crippen LogP contribution >= 0.6 is 23.2 Å². The lowest BCUT2D eigenvalue weighted by atomic mass is 10.1. The third kappa shape index (κ3) is 4.73. The first-order valence-corrected chi connectivity index (χ1v) is 11.4. The van der Waals surface area contributed by atoms with Crippen molar-refractivity contribution in [3.8, 4) is 11.1 Å². The average Bonchev–Trinajstić information content (AvgIpc) is 3.16. The SMILES string of the molecule is O=S(=O)(NC1CCN(c2ccccn2)C1)c1ccc(-c2cc(Cl)cc(Cl)c2)cc1. The standard InChI is InChI=1S/C21H19Cl2N3O2S/c22-17-11-16(12-18(23)13-17)15-4-6-20(7-5-15)29(27,28)25-19-8-10-26(14-19)21-3-1-2-9-24-21/h1-7,9,11-13,19,25H,8,10,14H2. The lowest BCUT2D eigenvalue weighted by Crippen LogP contribution is -2.37. The number of nitrogens with zero attached hydrogens (tertiary/aromatic N) is 2. The van der Waals surface area contributed by atoms with Crippen LogP contribution in [0, 0.1) is 0 Å². The van der Waals surface area contributed by atoms with Crippen LogP contribution in [-0.2, 0) is 10.0 Å². The summed E-state index contributed by atoms with van der Waals surface area (Å²) < 4.78 is 28.4. The van der Waals surface area contributed by atoms with Gasteiger partial charge in [0.1, 0.15) is 5.82 Å². The topological polar surface area (TPSA) is 62.3 Å². The van der Waals surface area contributed by atoms with Gasteiger partial charge in [0.2, 0.25) is 10.0 Å². The van der Waals surface area contributed by atoms with Gasteiger partial charge in [-0.25, -0.2) is 18.1 Å². The van der Waals surface area contributed by atoms with E-state index < -0.39 is 10.0 Å². The Kier molecular flexibility index (Phi) is 5.79. The highest BCUT2D eigenvalue weighted by molar-refractivity contribution is 7.89. The fourth-order valence-electron chi connectivity index (χ4n) is 3.44. The van der Waals surface area contributed by atoms with Crippen molar-refractivity contribution in [2.75, 3.05) is 18.0 Å². The third-order valence-corrected chi connectivity index (χ3v) is 6.82. The number of aromatic nitrogens is 1. The molecule has 0 aliphatic carbocycles. The van der Waals surface area contributed by atoms with E-state index in [2.05, 4.69) is 14.6 Å². The lowest BCUT2D eigenvalue weighted by Gasteiger charge is -2.18. The highest BCUT2D eigenvalue weighted by Crippen LogP contribution is 2.28. The van der Waals surface area contributed by atoms with E-state index in [1.807, 2.05) is 18.2 Å². The number of pyridine rings is 1. The number of anilines is 1. The van der Waals surface area contributed by atoms with Crippen LogP contribution in [0.15, 0.2) is 71.8 Å². The number of hydrogen-bond donors (Lipinski definition) is 1. The molecule has 1 aliphatic heterocycles. The Labute approximate surface area is 180 Å². The first kappa shape index (κ1) is 20.2. The fraction of sp³-hybridized carbons (Fsp3) is 0.190. The molecule has 29 heavy (non-hydrogen) atoms. The monoisotopic (exact) mass is 447 g/mol. The van der Waals surface area contributed by atoms with Crippen LogP contribution in [0.5, 0.6) is 0 Å². The molecule has 4 rings (SSSR count). The second-order valence-electron chi connectivity index (χ2n) is 6.92. The molecule has 1 atom stereocenters. The first-order chi connectivity index (χ1) is 13.9. The number of halogens is 2. The van der Waals surface area contributed by atoms with E-state index in [0.717, 1.165) is 29.9 Å². The molecule has 150 valence electrons. The van der Waals surface area contributed by atoms with Crippen LogP contribution in [0.4, 0.5) is 5.82 Å². The van der Waals surface area contributed by atoms with Crippen molar-refractivity contribution in [2.24, 2.45) is 0 Å². The van der Waals surface area contributed by atoms with E-state index in [9.17, 15) is 8.42 Å². The zero-order valence-corrected chi connectivity index (χ0v) is 17.8. The molecule has 1 aliphatic rings. The molecule has 8 heteroatoms. The molecular formula is C21H19Cl2N3O2S. The van der Waals surface area contributed by atoms with Gasteiger partial charge in [-0.3, -0.25) is 0 Å². The van der Waals surface area contributed by atoms with Gasteiger partial charge in [0.15, 0.2) is 0 Å². The van der Waals surface area contributed by atoms with E-state index in [-0.39, 0.29) is 10.9 Å². The molecule has 1 unspecified atom stereocenters. The fourth-order valence-corrected chi connectivity index (χ4v) is 5.23. The molecule has 0 radical (unpaired) electrons. The summed E-state index contributed by atoms with van der Waals surface area (Å²) in [4.78, 5) is 6.64. The van der Waals surface area contributed by atoms with E-state index in [1.165, 1.54) is 0 Å². The molecule has 0 amide bonds. The smallest absolute Gasteiger partial charge is 0.240 e. The summed E-state index contributed by atoms with van der Waals surface area (Å²) in [6, 6.07) is 17.5. The quantitative estimate of drug-likeness (QED) is 0.619. The molecule has 1 N–H and O–H groups in total. The van der Waals surface area contributed by atoms with E-state index in [4.69, 9.17) is 23.2 Å². The average molecular weight is 448 g/mol. The van der Waals surface area contributed by atoms with E-state index in [1.54, 1.807) is 48.7 Å². The molecule has 1 aromatic heterocycles. The van der Waals surface area contributed by atoms with Crippen LogP contribution in [0.25, 0.3) is 11.1 Å². The summed E-state index contributed by atoms with van der Waals surface area (Å²) >= 11 is 12.1. The van der Waals surface area contributed by atoms with Gasteiger partial charge in [0.05, 0.1) is 4.90 Å². The molecular weight excluding hydrogens is 429 g/mol. The maximum Gasteiger partial charge on any atom is 0.240 e. The van der Waals surface area contributed by atoms with Crippen molar-refractivity contribution in [3.05, 3.63) is 76.9 Å². The normalized spacial score (nSPS) is 16.9. The molecule has 3 aromatic rings. The zero-order chi connectivity index (χ0) is 20.4. The molecule has 1 saturated heterocycles. The maximum absolute atomic E-state index is 12.8. The predicted octanol–water partition coefficient (Wildman–Crippen LogP) is 4.61. The molecule has 0 saturated carbocycles. The molecule has 0 bridgehead atoms. The number of sulfonamides is 1. The Bertz CT molecular complexity index is 1090. The Morgan fingerprint density at radius 3 is 2.34 bits per heavy atom. The van der Waals surface area contributed by atoms with Gasteiger partial charge in [0, 0.05) is 35.4 Å². The summed E-state index contributed by atoms with van der Waals surface area (Å²) in [5.74, 6) is 0.860. The van der Waals surface area contributed by atoms with Gasteiger partial charge in [-0.15, -0.1) is 0 Å². The molecule has 0 spiro atoms. The third-order valence-electron chi connectivity index (χ3n) is 4.84. The van der Waals surface area contributed by atoms with Gasteiger partial charge in [0.25, 0.3) is 0 Å². The van der Waals surface area contributed by atoms with Crippen molar-refractivity contribution < 1.29 is 8.42 Å². The minimum atomic E-state index is -3.61. The van der Waals surface area contributed by atoms with Gasteiger partial charge < -0.3 is 4.90 Å². The van der Waals surface area contributed by atoms with Gasteiger partial charge >= 0.3 is 0 Å². The van der Waals surface area contributed by atoms with Crippen molar-refractivity contribution in [3.63, 3.8) is 0 Å². The maximum atomic E-state index is 12.8. The van der Waals surface area contributed by atoms with Gasteiger partial charge in [-0.05, 0) is 60.0 Å². The summed E-state index contributed by atoms with van der Waals surface area (Å²) in [5.41, 5.74) is 1.68. The van der Waals surface area contributed by atoms with Crippen LogP contribution in [-0.4, -0.2) is 32.5 Å². The van der Waals surface area contributed by atoms with E-state index in [0.29, 0.717) is 16.6 Å². The van der Waals surface area contributed by atoms with Crippen LogP contribution in [0.1, 0.15) is 6.42 Å². The van der Waals surface area contributed by atoms with Gasteiger partial charge in [-0.1, -0.05) is 41.4 Å². The molecule has 5 nitrogen and oxygen atoms in total. The van der Waals surface area contributed by atoms with Crippen LogP contribution in [0.2, 0.25) is 10.0 Å². The predicted molar refractivity (Wildman–Crippen MR) is 117 cm³/mol. The van der Waals surface area contributed by atoms with Crippen molar-refractivity contribution in [1.82, 2.24) is 9.71 Å². The van der Waals surface area contributed by atoms with Crippen molar-refractivity contribution in [2.45, 2.75) is 17.4 Å². The number of nitrogens with one attached hydrogen (secondary N) is 1. The minimum absolute atomic E-state index is 0.159. The van der Waals surface area contributed by atoms with Crippen LogP contribution < -0.4 is 9.62 Å². The minimum Gasteiger partial charge on any atom is -0.355 e. The second-order valence-corrected chi connectivity index (χ2v) is 9.51. The Balaban J connectivity index is 1.46. The number of benzene rings is 2. The van der Waals surface area contributed by atoms with E-state index >= 15 is 0 Å². The number of rotatable bonds is 5. The highest BCUT2D eigenvalue weighted by atomic mass is 35.5. The first-order valence-electron chi connectivity index (χ1n) is 9.15. The Hall–Kier alpha value is -2.12. The number of hydrogen-bond acceptors (Lipinski definition) is 4. The summed E-state index contributed by atoms with van der Waals surface area (Å²) in [7, 11) is -3.61. The summed E-state index contributed by atoms with van der Waals surface area (Å²) in [6.07, 6.45) is 2.47. The summed E-state index contributed by atoms with van der Waals surface area (Å²) in [5, 5.41) is 1.06. The van der Waals surface area contributed by atoms with Crippen molar-refractivity contribution in [1.29, 1.82) is 0 Å².